The summed E-state index contributed by atoms with van der Waals surface area (Å²) in [6.45, 7) is 3.06. The second-order valence-electron chi connectivity index (χ2n) is 3.25. The van der Waals surface area contributed by atoms with Crippen molar-refractivity contribution in [1.29, 1.82) is 0 Å². The van der Waals surface area contributed by atoms with Crippen LogP contribution in [0.3, 0.4) is 0 Å². The minimum absolute atomic E-state index is 0.197. The quantitative estimate of drug-likeness (QED) is 0.592. The molecule has 1 unspecified atom stereocenters. The summed E-state index contributed by atoms with van der Waals surface area (Å²) in [6.07, 6.45) is 0. The highest BCUT2D eigenvalue weighted by Crippen LogP contribution is 2.32. The van der Waals surface area contributed by atoms with Crippen molar-refractivity contribution in [3.63, 3.8) is 0 Å². The van der Waals surface area contributed by atoms with Gasteiger partial charge in [0.15, 0.2) is 10.7 Å². The lowest BCUT2D eigenvalue weighted by atomic mass is 9.90. The van der Waals surface area contributed by atoms with Gasteiger partial charge in [-0.25, -0.2) is 0 Å². The Morgan fingerprint density at radius 3 is 2.20 bits per heavy atom. The van der Waals surface area contributed by atoms with Crippen molar-refractivity contribution >= 4 is 34.9 Å². The molecule has 0 heterocycles. The van der Waals surface area contributed by atoms with Crippen molar-refractivity contribution in [2.24, 2.45) is 4.51 Å². The van der Waals surface area contributed by atoms with Crippen LogP contribution in [0.1, 0.15) is 19.4 Å². The van der Waals surface area contributed by atoms with E-state index in [2.05, 4.69) is 4.51 Å². The number of rotatable bonds is 3. The summed E-state index contributed by atoms with van der Waals surface area (Å²) >= 11 is 11.7. The van der Waals surface area contributed by atoms with Crippen molar-refractivity contribution in [3.05, 3.63) is 35.9 Å². The first-order valence-corrected chi connectivity index (χ1v) is 5.16. The Morgan fingerprint density at radius 2 is 1.80 bits per heavy atom. The molecule has 0 aromatic heterocycles. The largest absolute Gasteiger partial charge is 0.297 e. The van der Waals surface area contributed by atoms with Gasteiger partial charge in [-0.3, -0.25) is 4.79 Å². The van der Waals surface area contributed by atoms with E-state index in [-0.39, 0.29) is 5.78 Å². The third kappa shape index (κ3) is 2.21. The van der Waals surface area contributed by atoms with Crippen LogP contribution in [0.2, 0.25) is 0 Å². The van der Waals surface area contributed by atoms with Crippen LogP contribution in [-0.2, 0) is 9.67 Å². The monoisotopic (exact) mass is 243 g/mol. The molecule has 0 aliphatic rings. The van der Waals surface area contributed by atoms with Crippen molar-refractivity contribution < 1.29 is 4.79 Å². The molecule has 1 atom stereocenters. The standard InChI is InChI=1S/C11H11Cl2NO/c1-8(14-13)11(12,9(2)15)10-6-4-3-5-7-10/h3-7H,1-2H3/b14-8+. The van der Waals surface area contributed by atoms with Gasteiger partial charge in [0.2, 0.25) is 0 Å². The van der Waals surface area contributed by atoms with E-state index in [0.29, 0.717) is 11.3 Å². The van der Waals surface area contributed by atoms with E-state index in [0.717, 1.165) is 0 Å². The molecule has 2 nitrogen and oxygen atoms in total. The van der Waals surface area contributed by atoms with Crippen LogP contribution in [0.4, 0.5) is 0 Å². The van der Waals surface area contributed by atoms with Crippen LogP contribution < -0.4 is 0 Å². The summed E-state index contributed by atoms with van der Waals surface area (Å²) in [6, 6.07) is 9.04. The van der Waals surface area contributed by atoms with E-state index < -0.39 is 4.87 Å². The van der Waals surface area contributed by atoms with Crippen LogP contribution >= 0.6 is 23.4 Å². The fraction of sp³-hybridized carbons (Fsp3) is 0.273. The van der Waals surface area contributed by atoms with Crippen molar-refractivity contribution in [1.82, 2.24) is 0 Å². The van der Waals surface area contributed by atoms with Gasteiger partial charge in [-0.05, 0) is 19.4 Å². The average Bonchev–Trinajstić information content (AvgIpc) is 2.27. The number of ketones is 1. The minimum atomic E-state index is -1.25. The number of hydrogen-bond donors (Lipinski definition) is 0. The lowest BCUT2D eigenvalue weighted by Crippen LogP contribution is -2.35. The third-order valence-electron chi connectivity index (χ3n) is 2.28. The number of alkyl halides is 1. The van der Waals surface area contributed by atoms with Gasteiger partial charge in [0.05, 0.1) is 5.71 Å². The Balaban J connectivity index is 3.32. The summed E-state index contributed by atoms with van der Waals surface area (Å²) in [4.78, 5) is 10.3. The molecule has 0 bridgehead atoms. The summed E-state index contributed by atoms with van der Waals surface area (Å²) in [5.41, 5.74) is 1.06. The second kappa shape index (κ2) is 4.77. The summed E-state index contributed by atoms with van der Waals surface area (Å²) in [5, 5.41) is 0. The molecule has 0 saturated heterocycles. The zero-order valence-corrected chi connectivity index (χ0v) is 10.0. The number of carbonyl (C=O) groups excluding carboxylic acids is 1. The van der Waals surface area contributed by atoms with Gasteiger partial charge in [0.1, 0.15) is 0 Å². The van der Waals surface area contributed by atoms with Crippen molar-refractivity contribution in [3.8, 4) is 0 Å². The lowest BCUT2D eigenvalue weighted by Gasteiger charge is -2.23. The molecule has 0 amide bonds. The maximum absolute atomic E-state index is 11.6. The van der Waals surface area contributed by atoms with Gasteiger partial charge in [-0.2, -0.15) is 4.51 Å². The maximum atomic E-state index is 11.6. The number of halogens is 2. The molecule has 0 saturated carbocycles. The highest BCUT2D eigenvalue weighted by Gasteiger charge is 2.38. The number of Topliss-reactive ketones (excluding diaryl/α,β-unsaturated/α-hetero) is 1. The topological polar surface area (TPSA) is 29.4 Å². The molecule has 1 aromatic carbocycles. The zero-order valence-electron chi connectivity index (χ0n) is 8.50. The maximum Gasteiger partial charge on any atom is 0.166 e. The fourth-order valence-corrected chi connectivity index (χ4v) is 1.73. The Labute approximate surface area is 99.0 Å². The predicted molar refractivity (Wildman–Crippen MR) is 63.6 cm³/mol. The van der Waals surface area contributed by atoms with E-state index in [4.69, 9.17) is 23.4 Å². The van der Waals surface area contributed by atoms with E-state index in [1.54, 1.807) is 19.1 Å². The SMILES string of the molecule is CC(=O)C(Cl)(/C(C)=N/Cl)c1ccccc1. The molecule has 80 valence electrons. The number of carbonyl (C=O) groups is 1. The van der Waals surface area contributed by atoms with Gasteiger partial charge >= 0.3 is 0 Å². The van der Waals surface area contributed by atoms with Gasteiger partial charge in [0.25, 0.3) is 0 Å². The molecule has 0 radical (unpaired) electrons. The first kappa shape index (κ1) is 12.2. The first-order valence-electron chi connectivity index (χ1n) is 4.45. The van der Waals surface area contributed by atoms with Crippen molar-refractivity contribution in [2.75, 3.05) is 0 Å². The van der Waals surface area contributed by atoms with E-state index >= 15 is 0 Å². The normalized spacial score (nSPS) is 15.9. The van der Waals surface area contributed by atoms with Crippen LogP contribution in [0.15, 0.2) is 34.8 Å². The fourth-order valence-electron chi connectivity index (χ4n) is 1.39. The van der Waals surface area contributed by atoms with Gasteiger partial charge < -0.3 is 0 Å². The second-order valence-corrected chi connectivity index (χ2v) is 3.99. The van der Waals surface area contributed by atoms with Gasteiger partial charge in [-0.1, -0.05) is 41.9 Å². The average molecular weight is 244 g/mol. The van der Waals surface area contributed by atoms with Gasteiger partial charge in [-0.15, -0.1) is 0 Å². The molecular weight excluding hydrogens is 233 g/mol. The zero-order chi connectivity index (χ0) is 11.5. The van der Waals surface area contributed by atoms with Crippen LogP contribution in [0, 0.1) is 0 Å². The Kier molecular flexibility index (Phi) is 3.89. The molecule has 1 rings (SSSR count). The predicted octanol–water partition coefficient (Wildman–Crippen LogP) is 3.32. The number of benzene rings is 1. The molecule has 4 heteroatoms. The molecule has 15 heavy (non-hydrogen) atoms. The third-order valence-corrected chi connectivity index (χ3v) is 3.29. The summed E-state index contributed by atoms with van der Waals surface area (Å²) in [7, 11) is 0. The molecule has 1 aromatic rings. The molecule has 0 fully saturated rings. The molecule has 0 spiro atoms. The summed E-state index contributed by atoms with van der Waals surface area (Å²) < 4.78 is 3.49. The van der Waals surface area contributed by atoms with E-state index in [1.807, 2.05) is 18.2 Å². The Morgan fingerprint density at radius 1 is 1.27 bits per heavy atom. The first-order chi connectivity index (χ1) is 7.03. The Bertz CT molecular complexity index is 389. The molecule has 0 aliphatic heterocycles. The van der Waals surface area contributed by atoms with Crippen molar-refractivity contribution in [2.45, 2.75) is 18.7 Å². The number of hydrogen-bond acceptors (Lipinski definition) is 2. The van der Waals surface area contributed by atoms with E-state index in [9.17, 15) is 4.79 Å². The molecule has 0 aliphatic carbocycles. The summed E-state index contributed by atoms with van der Waals surface area (Å²) in [5.74, 6) is -0.197. The van der Waals surface area contributed by atoms with E-state index in [1.165, 1.54) is 6.92 Å². The number of nitrogens with zero attached hydrogens (tertiary/aromatic N) is 1. The van der Waals surface area contributed by atoms with Crippen LogP contribution in [0.25, 0.3) is 0 Å². The highest BCUT2D eigenvalue weighted by atomic mass is 35.5. The molecule has 0 N–H and O–H groups in total. The lowest BCUT2D eigenvalue weighted by molar-refractivity contribution is -0.118. The molecular formula is C11H11Cl2NO. The van der Waals surface area contributed by atoms with Crippen LogP contribution in [0.5, 0.6) is 0 Å². The minimum Gasteiger partial charge on any atom is -0.297 e. The van der Waals surface area contributed by atoms with Crippen LogP contribution in [-0.4, -0.2) is 11.5 Å². The Hall–Kier alpha value is -0.860. The smallest absolute Gasteiger partial charge is 0.166 e. The van der Waals surface area contributed by atoms with Gasteiger partial charge in [0, 0.05) is 11.8 Å². The highest BCUT2D eigenvalue weighted by molar-refractivity contribution is 6.48.